The lowest BCUT2D eigenvalue weighted by Gasteiger charge is -2.03. The standard InChI is InChI=1S/C14H13N3O5S/c1-22-14-8-7-11(9-13(14)17(18)19)10-15-16-23(20,21)12-5-3-2-4-6-12/h2-10,16H,1H3/b15-10-. The molecule has 0 fully saturated rings. The van der Waals surface area contributed by atoms with Crippen molar-refractivity contribution in [3.8, 4) is 5.75 Å². The maximum Gasteiger partial charge on any atom is 0.311 e. The van der Waals surface area contributed by atoms with Gasteiger partial charge in [0.25, 0.3) is 10.0 Å². The number of sulfonamides is 1. The van der Waals surface area contributed by atoms with Gasteiger partial charge in [0.15, 0.2) is 5.75 Å². The summed E-state index contributed by atoms with van der Waals surface area (Å²) in [7, 11) is -2.45. The predicted molar refractivity (Wildman–Crippen MR) is 84.0 cm³/mol. The van der Waals surface area contributed by atoms with Crippen LogP contribution in [0.4, 0.5) is 5.69 Å². The maximum atomic E-state index is 11.9. The Kier molecular flexibility index (Phi) is 4.91. The first kappa shape index (κ1) is 16.4. The Morgan fingerprint density at radius 3 is 2.52 bits per heavy atom. The van der Waals surface area contributed by atoms with Crippen molar-refractivity contribution in [3.05, 3.63) is 64.2 Å². The molecule has 0 atom stereocenters. The third kappa shape index (κ3) is 4.04. The van der Waals surface area contributed by atoms with Crippen LogP contribution in [0.5, 0.6) is 5.75 Å². The second kappa shape index (κ2) is 6.88. The highest BCUT2D eigenvalue weighted by molar-refractivity contribution is 7.89. The highest BCUT2D eigenvalue weighted by Crippen LogP contribution is 2.26. The van der Waals surface area contributed by atoms with E-state index in [1.54, 1.807) is 18.2 Å². The molecular weight excluding hydrogens is 322 g/mol. The van der Waals surface area contributed by atoms with Crippen LogP contribution in [0.25, 0.3) is 0 Å². The van der Waals surface area contributed by atoms with Crippen LogP contribution in [-0.4, -0.2) is 26.7 Å². The molecule has 0 radical (unpaired) electrons. The van der Waals surface area contributed by atoms with E-state index in [0.717, 1.165) is 0 Å². The van der Waals surface area contributed by atoms with E-state index in [1.807, 2.05) is 4.83 Å². The fourth-order valence-corrected chi connectivity index (χ4v) is 2.56. The van der Waals surface area contributed by atoms with Crippen LogP contribution >= 0.6 is 0 Å². The monoisotopic (exact) mass is 335 g/mol. The van der Waals surface area contributed by atoms with Crippen molar-refractivity contribution in [2.45, 2.75) is 4.90 Å². The number of ether oxygens (including phenoxy) is 1. The number of rotatable bonds is 6. The zero-order valence-corrected chi connectivity index (χ0v) is 12.9. The number of benzene rings is 2. The molecule has 2 aromatic rings. The molecule has 0 unspecified atom stereocenters. The van der Waals surface area contributed by atoms with E-state index in [2.05, 4.69) is 5.10 Å². The Hall–Kier alpha value is -2.94. The highest BCUT2D eigenvalue weighted by Gasteiger charge is 2.15. The molecule has 8 nitrogen and oxygen atoms in total. The van der Waals surface area contributed by atoms with Gasteiger partial charge in [0.1, 0.15) is 0 Å². The smallest absolute Gasteiger partial charge is 0.311 e. The summed E-state index contributed by atoms with van der Waals surface area (Å²) in [6.45, 7) is 0. The second-order valence-corrected chi connectivity index (χ2v) is 6.02. The first-order chi connectivity index (χ1) is 10.9. The van der Waals surface area contributed by atoms with Crippen molar-refractivity contribution in [1.29, 1.82) is 0 Å². The van der Waals surface area contributed by atoms with E-state index in [0.29, 0.717) is 5.56 Å². The zero-order chi connectivity index (χ0) is 16.9. The van der Waals surface area contributed by atoms with Gasteiger partial charge in [-0.05, 0) is 24.3 Å². The van der Waals surface area contributed by atoms with Crippen molar-refractivity contribution >= 4 is 21.9 Å². The average molecular weight is 335 g/mol. The van der Waals surface area contributed by atoms with E-state index >= 15 is 0 Å². The van der Waals surface area contributed by atoms with Gasteiger partial charge in [-0.15, -0.1) is 0 Å². The predicted octanol–water partition coefficient (Wildman–Crippen LogP) is 1.92. The Balaban J connectivity index is 2.18. The summed E-state index contributed by atoms with van der Waals surface area (Å²) < 4.78 is 28.8. The molecule has 0 amide bonds. The molecule has 9 heteroatoms. The van der Waals surface area contributed by atoms with Gasteiger partial charge in [0.2, 0.25) is 0 Å². The number of hydrogen-bond acceptors (Lipinski definition) is 6. The normalized spacial score (nSPS) is 11.3. The molecule has 1 N–H and O–H groups in total. The molecule has 0 aliphatic carbocycles. The molecule has 2 aromatic carbocycles. The number of nitrogens with one attached hydrogen (secondary N) is 1. The van der Waals surface area contributed by atoms with Crippen molar-refractivity contribution < 1.29 is 18.1 Å². The number of hydrogen-bond donors (Lipinski definition) is 1. The van der Waals surface area contributed by atoms with E-state index in [-0.39, 0.29) is 16.3 Å². The molecule has 0 saturated carbocycles. The van der Waals surface area contributed by atoms with Crippen LogP contribution < -0.4 is 9.57 Å². The number of nitro benzene ring substituents is 1. The molecular formula is C14H13N3O5S. The Morgan fingerprint density at radius 1 is 1.22 bits per heavy atom. The van der Waals surface area contributed by atoms with Gasteiger partial charge in [-0.1, -0.05) is 18.2 Å². The van der Waals surface area contributed by atoms with Gasteiger partial charge in [0, 0.05) is 11.6 Å². The number of nitro groups is 1. The largest absolute Gasteiger partial charge is 0.490 e. The second-order valence-electron chi connectivity index (χ2n) is 4.35. The van der Waals surface area contributed by atoms with Gasteiger partial charge in [-0.25, -0.2) is 4.83 Å². The van der Waals surface area contributed by atoms with Crippen LogP contribution in [0, 0.1) is 10.1 Å². The average Bonchev–Trinajstić information content (AvgIpc) is 2.55. The van der Waals surface area contributed by atoms with Crippen LogP contribution in [0.3, 0.4) is 0 Å². The summed E-state index contributed by atoms with van der Waals surface area (Å²) in [5.74, 6) is 0.108. The minimum atomic E-state index is -3.78. The first-order valence-electron chi connectivity index (χ1n) is 6.36. The fraction of sp³-hybridized carbons (Fsp3) is 0.0714. The van der Waals surface area contributed by atoms with Crippen molar-refractivity contribution in [3.63, 3.8) is 0 Å². The Bertz CT molecular complexity index is 835. The minimum absolute atomic E-state index is 0.0675. The van der Waals surface area contributed by atoms with Crippen LogP contribution in [0.2, 0.25) is 0 Å². The molecule has 23 heavy (non-hydrogen) atoms. The topological polar surface area (TPSA) is 111 Å². The van der Waals surface area contributed by atoms with Gasteiger partial charge in [0.05, 0.1) is 23.1 Å². The molecule has 0 saturated heterocycles. The fourth-order valence-electron chi connectivity index (χ4n) is 1.75. The lowest BCUT2D eigenvalue weighted by atomic mass is 10.2. The Labute approximate surface area is 132 Å². The summed E-state index contributed by atoms with van der Waals surface area (Å²) in [4.78, 5) is 12.4. The van der Waals surface area contributed by atoms with Gasteiger partial charge >= 0.3 is 5.69 Å². The summed E-state index contributed by atoms with van der Waals surface area (Å²) in [5, 5.41) is 14.5. The van der Waals surface area contributed by atoms with Gasteiger partial charge in [-0.2, -0.15) is 13.5 Å². The molecule has 0 bridgehead atoms. The summed E-state index contributed by atoms with van der Waals surface area (Å²) in [5.41, 5.74) is 0.121. The van der Waals surface area contributed by atoms with Crippen molar-refractivity contribution in [2.24, 2.45) is 5.10 Å². The molecule has 2 rings (SSSR count). The van der Waals surface area contributed by atoms with Crippen LogP contribution in [-0.2, 0) is 10.0 Å². The number of nitrogens with zero attached hydrogens (tertiary/aromatic N) is 2. The molecule has 0 spiro atoms. The van der Waals surface area contributed by atoms with Crippen LogP contribution in [0.1, 0.15) is 5.56 Å². The lowest BCUT2D eigenvalue weighted by molar-refractivity contribution is -0.385. The van der Waals surface area contributed by atoms with E-state index < -0.39 is 14.9 Å². The SMILES string of the molecule is COc1ccc(/C=N\NS(=O)(=O)c2ccccc2)cc1[N+](=O)[O-]. The summed E-state index contributed by atoms with van der Waals surface area (Å²) in [6, 6.07) is 11.9. The first-order valence-corrected chi connectivity index (χ1v) is 7.85. The van der Waals surface area contributed by atoms with E-state index in [1.165, 1.54) is 43.7 Å². The summed E-state index contributed by atoms with van der Waals surface area (Å²) in [6.07, 6.45) is 1.17. The molecule has 0 aliphatic rings. The quantitative estimate of drug-likeness (QED) is 0.492. The minimum Gasteiger partial charge on any atom is -0.490 e. The molecule has 0 aliphatic heterocycles. The highest BCUT2D eigenvalue weighted by atomic mass is 32.2. The third-order valence-corrected chi connectivity index (χ3v) is 4.08. The van der Waals surface area contributed by atoms with E-state index in [4.69, 9.17) is 4.74 Å². The van der Waals surface area contributed by atoms with Gasteiger partial charge < -0.3 is 4.74 Å². The van der Waals surface area contributed by atoms with Gasteiger partial charge in [-0.3, -0.25) is 10.1 Å². The number of hydrazone groups is 1. The molecule has 120 valence electrons. The number of methoxy groups -OCH3 is 1. The van der Waals surface area contributed by atoms with Crippen molar-refractivity contribution in [2.75, 3.05) is 7.11 Å². The zero-order valence-electron chi connectivity index (χ0n) is 12.0. The maximum absolute atomic E-state index is 11.9. The Morgan fingerprint density at radius 2 is 1.91 bits per heavy atom. The van der Waals surface area contributed by atoms with E-state index in [9.17, 15) is 18.5 Å². The third-order valence-electron chi connectivity index (χ3n) is 2.84. The van der Waals surface area contributed by atoms with Crippen molar-refractivity contribution in [1.82, 2.24) is 4.83 Å². The molecule has 0 aromatic heterocycles. The lowest BCUT2D eigenvalue weighted by Crippen LogP contribution is -2.18. The summed E-state index contributed by atoms with van der Waals surface area (Å²) >= 11 is 0. The van der Waals surface area contributed by atoms with Crippen LogP contribution in [0.15, 0.2) is 58.5 Å². The molecule has 0 heterocycles.